The van der Waals surface area contributed by atoms with Crippen LogP contribution in [0.3, 0.4) is 0 Å². The van der Waals surface area contributed by atoms with Gasteiger partial charge in [0.25, 0.3) is 0 Å². The largest absolute Gasteiger partial charge is 0.351 e. The zero-order valence-corrected chi connectivity index (χ0v) is 18.5. The number of anilines is 1. The van der Waals surface area contributed by atoms with Crippen molar-refractivity contribution in [1.82, 2.24) is 15.5 Å². The average molecular weight is 461 g/mol. The van der Waals surface area contributed by atoms with Crippen LogP contribution in [0.4, 0.5) is 14.9 Å². The van der Waals surface area contributed by atoms with E-state index in [-0.39, 0.29) is 30.3 Å². The molecule has 1 saturated heterocycles. The fraction of sp³-hybridized carbons (Fsp3) is 0.348. The number of rotatable bonds is 6. The van der Waals surface area contributed by atoms with E-state index in [4.69, 9.17) is 11.6 Å². The van der Waals surface area contributed by atoms with Gasteiger partial charge in [-0.05, 0) is 54.8 Å². The number of likely N-dealkylation sites (tertiary alicyclic amines) is 1. The summed E-state index contributed by atoms with van der Waals surface area (Å²) in [5, 5.41) is 9.01. The molecule has 0 unspecified atom stereocenters. The fourth-order valence-electron chi connectivity index (χ4n) is 3.62. The van der Waals surface area contributed by atoms with Crippen LogP contribution >= 0.6 is 11.6 Å². The number of benzene rings is 2. The zero-order chi connectivity index (χ0) is 23.1. The van der Waals surface area contributed by atoms with E-state index in [1.165, 1.54) is 19.1 Å². The number of nitrogens with zero attached hydrogens (tertiary/aromatic N) is 1. The monoisotopic (exact) mass is 460 g/mol. The Morgan fingerprint density at radius 3 is 2.44 bits per heavy atom. The van der Waals surface area contributed by atoms with Crippen molar-refractivity contribution in [2.75, 3.05) is 18.4 Å². The molecular weight excluding hydrogens is 435 g/mol. The first-order valence-corrected chi connectivity index (χ1v) is 10.8. The van der Waals surface area contributed by atoms with Gasteiger partial charge in [0.2, 0.25) is 11.8 Å². The van der Waals surface area contributed by atoms with Crippen LogP contribution in [0.1, 0.15) is 25.3 Å². The second kappa shape index (κ2) is 10.9. The highest BCUT2D eigenvalue weighted by Gasteiger charge is 2.27. The van der Waals surface area contributed by atoms with Crippen LogP contribution in [0.5, 0.6) is 0 Å². The zero-order valence-electron chi connectivity index (χ0n) is 17.7. The maximum absolute atomic E-state index is 13.5. The summed E-state index contributed by atoms with van der Waals surface area (Å²) in [6.45, 7) is 2.31. The van der Waals surface area contributed by atoms with Gasteiger partial charge in [0, 0.05) is 43.2 Å². The highest BCUT2D eigenvalue weighted by Crippen LogP contribution is 2.16. The Morgan fingerprint density at radius 1 is 1.12 bits per heavy atom. The number of urea groups is 1. The Kier molecular flexibility index (Phi) is 8.05. The molecule has 1 fully saturated rings. The predicted octanol–water partition coefficient (Wildman–Crippen LogP) is 3.34. The maximum Gasteiger partial charge on any atom is 0.321 e. The van der Waals surface area contributed by atoms with Crippen LogP contribution in [0, 0.1) is 5.82 Å². The van der Waals surface area contributed by atoms with E-state index < -0.39 is 11.9 Å². The molecule has 1 heterocycles. The van der Waals surface area contributed by atoms with Crippen LogP contribution in [0.15, 0.2) is 48.5 Å². The summed E-state index contributed by atoms with van der Waals surface area (Å²) in [5.74, 6) is -1.06. The number of amides is 4. The lowest BCUT2D eigenvalue weighted by Crippen LogP contribution is -2.53. The van der Waals surface area contributed by atoms with E-state index in [9.17, 15) is 18.8 Å². The first-order valence-electron chi connectivity index (χ1n) is 10.4. The Morgan fingerprint density at radius 2 is 1.81 bits per heavy atom. The van der Waals surface area contributed by atoms with Gasteiger partial charge in [0.1, 0.15) is 11.9 Å². The molecule has 0 saturated carbocycles. The first kappa shape index (κ1) is 23.5. The van der Waals surface area contributed by atoms with Gasteiger partial charge >= 0.3 is 6.03 Å². The third kappa shape index (κ3) is 6.95. The number of nitrogens with one attached hydrogen (secondary N) is 3. The molecule has 9 heteroatoms. The van der Waals surface area contributed by atoms with Crippen molar-refractivity contribution in [2.45, 2.75) is 38.3 Å². The summed E-state index contributed by atoms with van der Waals surface area (Å²) in [4.78, 5) is 38.5. The standard InChI is InChI=1S/C23H26ClFN4O3/c1-15(30)26-21(14-16-3-2-4-18(25)13-16)22(31)27-20-9-11-29(12-10-20)23(32)28-19-7-5-17(24)6-8-19/h2-8,13,20-21H,9-12,14H2,1H3,(H,26,30)(H,27,31)(H,28,32)/t21-/m1/s1. The van der Waals surface area contributed by atoms with Gasteiger partial charge < -0.3 is 20.9 Å². The van der Waals surface area contributed by atoms with Gasteiger partial charge in [-0.25, -0.2) is 9.18 Å². The Balaban J connectivity index is 1.51. The molecule has 0 aromatic heterocycles. The smallest absolute Gasteiger partial charge is 0.321 e. The van der Waals surface area contributed by atoms with Crippen molar-refractivity contribution in [3.8, 4) is 0 Å². The van der Waals surface area contributed by atoms with Crippen LogP contribution in [0.2, 0.25) is 5.02 Å². The summed E-state index contributed by atoms with van der Waals surface area (Å²) in [5.41, 5.74) is 1.28. The molecule has 32 heavy (non-hydrogen) atoms. The van der Waals surface area contributed by atoms with Gasteiger partial charge in [-0.15, -0.1) is 0 Å². The molecule has 3 rings (SSSR count). The molecule has 0 spiro atoms. The quantitative estimate of drug-likeness (QED) is 0.617. The number of carbonyl (C=O) groups excluding carboxylic acids is 3. The lowest BCUT2D eigenvalue weighted by Gasteiger charge is -2.33. The Bertz CT molecular complexity index is 962. The number of piperidine rings is 1. The third-order valence-corrected chi connectivity index (χ3v) is 5.50. The number of hydrogen-bond donors (Lipinski definition) is 3. The van der Waals surface area contributed by atoms with Gasteiger partial charge in [-0.3, -0.25) is 9.59 Å². The summed E-state index contributed by atoms with van der Waals surface area (Å²) in [6, 6.07) is 11.7. The number of carbonyl (C=O) groups is 3. The van der Waals surface area contributed by atoms with Gasteiger partial charge in [0.05, 0.1) is 0 Å². The topological polar surface area (TPSA) is 90.5 Å². The molecule has 4 amide bonds. The highest BCUT2D eigenvalue weighted by atomic mass is 35.5. The van der Waals surface area contributed by atoms with Crippen molar-refractivity contribution in [3.63, 3.8) is 0 Å². The maximum atomic E-state index is 13.5. The molecule has 7 nitrogen and oxygen atoms in total. The Labute approximate surface area is 191 Å². The van der Waals surface area contributed by atoms with Gasteiger partial charge in [0.15, 0.2) is 0 Å². The van der Waals surface area contributed by atoms with Crippen LogP contribution < -0.4 is 16.0 Å². The second-order valence-corrected chi connectivity index (χ2v) is 8.23. The van der Waals surface area contributed by atoms with E-state index in [1.807, 2.05) is 0 Å². The predicted molar refractivity (Wildman–Crippen MR) is 121 cm³/mol. The molecule has 2 aromatic carbocycles. The van der Waals surface area contributed by atoms with E-state index in [0.29, 0.717) is 42.2 Å². The lowest BCUT2D eigenvalue weighted by atomic mass is 10.0. The molecule has 0 radical (unpaired) electrons. The summed E-state index contributed by atoms with van der Waals surface area (Å²) in [6.07, 6.45) is 1.37. The average Bonchev–Trinajstić information content (AvgIpc) is 2.75. The molecule has 2 aromatic rings. The van der Waals surface area contributed by atoms with E-state index in [1.54, 1.807) is 41.3 Å². The molecule has 170 valence electrons. The molecule has 3 N–H and O–H groups in total. The van der Waals surface area contributed by atoms with Crippen LogP contribution in [-0.4, -0.2) is 47.9 Å². The van der Waals surface area contributed by atoms with Crippen molar-refractivity contribution in [1.29, 1.82) is 0 Å². The summed E-state index contributed by atoms with van der Waals surface area (Å²) < 4.78 is 13.5. The van der Waals surface area contributed by atoms with Crippen molar-refractivity contribution in [2.24, 2.45) is 0 Å². The highest BCUT2D eigenvalue weighted by molar-refractivity contribution is 6.30. The minimum absolute atomic E-state index is 0.120. The SMILES string of the molecule is CC(=O)N[C@H](Cc1cccc(F)c1)C(=O)NC1CCN(C(=O)Nc2ccc(Cl)cc2)CC1. The molecule has 0 aliphatic carbocycles. The summed E-state index contributed by atoms with van der Waals surface area (Å²) in [7, 11) is 0. The van der Waals surface area contributed by atoms with Crippen molar-refractivity contribution in [3.05, 3.63) is 64.9 Å². The van der Waals surface area contributed by atoms with Gasteiger partial charge in [-0.2, -0.15) is 0 Å². The van der Waals surface area contributed by atoms with Crippen LogP contribution in [0.25, 0.3) is 0 Å². The molecule has 1 aliphatic rings. The Hall–Kier alpha value is -3.13. The lowest BCUT2D eigenvalue weighted by molar-refractivity contribution is -0.128. The molecule has 0 bridgehead atoms. The molecular formula is C23H26ClFN4O3. The van der Waals surface area contributed by atoms with Crippen molar-refractivity contribution >= 4 is 35.1 Å². The van der Waals surface area contributed by atoms with E-state index >= 15 is 0 Å². The number of hydrogen-bond acceptors (Lipinski definition) is 3. The fourth-order valence-corrected chi connectivity index (χ4v) is 3.74. The normalized spacial score (nSPS) is 15.0. The minimum Gasteiger partial charge on any atom is -0.351 e. The number of halogens is 2. The molecule has 1 aliphatic heterocycles. The third-order valence-electron chi connectivity index (χ3n) is 5.25. The molecule has 1 atom stereocenters. The first-order chi connectivity index (χ1) is 15.3. The minimum atomic E-state index is -0.805. The van der Waals surface area contributed by atoms with Gasteiger partial charge in [-0.1, -0.05) is 23.7 Å². The second-order valence-electron chi connectivity index (χ2n) is 7.79. The summed E-state index contributed by atoms with van der Waals surface area (Å²) >= 11 is 5.86. The van der Waals surface area contributed by atoms with E-state index in [2.05, 4.69) is 16.0 Å². The van der Waals surface area contributed by atoms with Crippen molar-refractivity contribution < 1.29 is 18.8 Å². The van der Waals surface area contributed by atoms with Crippen LogP contribution in [-0.2, 0) is 16.0 Å². The van der Waals surface area contributed by atoms with E-state index in [0.717, 1.165) is 0 Å².